The topological polar surface area (TPSA) is 43.4 Å². The zero-order valence-electron chi connectivity index (χ0n) is 18.7. The molecular formula is C26H32N2O4. The monoisotopic (exact) mass is 436 g/mol. The summed E-state index contributed by atoms with van der Waals surface area (Å²) in [6, 6.07) is 21.8. The highest BCUT2D eigenvalue weighted by atomic mass is 16.7. The van der Waals surface area contributed by atoms with Gasteiger partial charge in [0.05, 0.1) is 50.6 Å². The lowest BCUT2D eigenvalue weighted by Gasteiger charge is -2.37. The normalized spacial score (nSPS) is 36.8. The van der Waals surface area contributed by atoms with E-state index in [1.165, 1.54) is 11.1 Å². The lowest BCUT2D eigenvalue weighted by molar-refractivity contribution is -0.213. The maximum Gasteiger partial charge on any atom is 0.104 e. The molecule has 2 aromatic rings. The quantitative estimate of drug-likeness (QED) is 0.711. The van der Waals surface area contributed by atoms with Crippen LogP contribution in [-0.4, -0.2) is 60.8 Å². The van der Waals surface area contributed by atoms with Crippen molar-refractivity contribution in [1.29, 1.82) is 0 Å². The summed E-state index contributed by atoms with van der Waals surface area (Å²) >= 11 is 0. The average Bonchev–Trinajstić information content (AvgIpc) is 3.61. The smallest absolute Gasteiger partial charge is 0.104 e. The van der Waals surface area contributed by atoms with Gasteiger partial charge >= 0.3 is 0 Å². The van der Waals surface area contributed by atoms with Crippen LogP contribution in [-0.2, 0) is 19.1 Å². The molecule has 4 saturated heterocycles. The third kappa shape index (κ3) is 3.41. The fourth-order valence-corrected chi connectivity index (χ4v) is 6.01. The van der Waals surface area contributed by atoms with E-state index in [2.05, 4.69) is 84.6 Å². The van der Waals surface area contributed by atoms with Crippen molar-refractivity contribution < 1.29 is 19.1 Å². The van der Waals surface area contributed by atoms with Crippen molar-refractivity contribution in [1.82, 2.24) is 10.1 Å². The van der Waals surface area contributed by atoms with Gasteiger partial charge in [0.1, 0.15) is 12.2 Å². The standard InChI is InChI=1S/C26H32N2O4/c1-17(19-9-5-3-6-10-19)27-23-21(15-31-27)13-29-25(23)26-24-22(14-30-26)16-32-28(24)18(2)20-11-7-4-8-12-20/h3-12,17-18,21-26H,13-16H2,1-2H3/t17-,18-,21+,22+,23-,24-,25-,26-/m0/s1. The summed E-state index contributed by atoms with van der Waals surface area (Å²) < 4.78 is 12.9. The largest absolute Gasteiger partial charge is 0.373 e. The maximum atomic E-state index is 6.43. The molecule has 4 fully saturated rings. The van der Waals surface area contributed by atoms with Gasteiger partial charge in [0, 0.05) is 11.8 Å². The molecule has 0 amide bonds. The summed E-state index contributed by atoms with van der Waals surface area (Å²) in [5.41, 5.74) is 2.51. The SMILES string of the molecule is C[C@@H](c1ccccc1)N1OC[C@H]2CO[C@H]([C@H]3OC[C@@H]4CON([C@@H](C)c5ccccc5)[C@@H]43)[C@H]21. The Labute approximate surface area is 189 Å². The van der Waals surface area contributed by atoms with Crippen molar-refractivity contribution in [2.75, 3.05) is 26.4 Å². The van der Waals surface area contributed by atoms with Crippen LogP contribution in [0, 0.1) is 11.8 Å². The van der Waals surface area contributed by atoms with E-state index >= 15 is 0 Å². The molecule has 8 atom stereocenters. The molecule has 0 aromatic heterocycles. The average molecular weight is 437 g/mol. The minimum atomic E-state index is -0.0316. The van der Waals surface area contributed by atoms with Crippen LogP contribution in [0.5, 0.6) is 0 Å². The van der Waals surface area contributed by atoms with Gasteiger partial charge in [-0.1, -0.05) is 60.7 Å². The summed E-state index contributed by atoms with van der Waals surface area (Å²) in [7, 11) is 0. The first-order valence-electron chi connectivity index (χ1n) is 11.9. The fraction of sp³-hybridized carbons (Fsp3) is 0.538. The van der Waals surface area contributed by atoms with Crippen LogP contribution >= 0.6 is 0 Å². The van der Waals surface area contributed by atoms with E-state index in [0.717, 1.165) is 13.2 Å². The van der Waals surface area contributed by atoms with Gasteiger partial charge in [-0.2, -0.15) is 10.1 Å². The minimum Gasteiger partial charge on any atom is -0.373 e. The Morgan fingerprint density at radius 2 is 1.03 bits per heavy atom. The number of rotatable bonds is 5. The molecule has 0 aliphatic carbocycles. The third-order valence-corrected chi connectivity index (χ3v) is 7.76. The van der Waals surface area contributed by atoms with Gasteiger partial charge in [0.25, 0.3) is 0 Å². The molecule has 6 heteroatoms. The minimum absolute atomic E-state index is 0.0316. The van der Waals surface area contributed by atoms with Crippen molar-refractivity contribution in [2.45, 2.75) is 50.2 Å². The third-order valence-electron chi connectivity index (χ3n) is 7.76. The lowest BCUT2D eigenvalue weighted by atomic mass is 9.89. The second-order valence-corrected chi connectivity index (χ2v) is 9.58. The van der Waals surface area contributed by atoms with Gasteiger partial charge in [-0.3, -0.25) is 9.68 Å². The van der Waals surface area contributed by atoms with Crippen molar-refractivity contribution in [2.24, 2.45) is 11.8 Å². The van der Waals surface area contributed by atoms with Crippen molar-refractivity contribution in [3.63, 3.8) is 0 Å². The van der Waals surface area contributed by atoms with E-state index in [1.54, 1.807) is 0 Å². The molecule has 6 nitrogen and oxygen atoms in total. The second-order valence-electron chi connectivity index (χ2n) is 9.58. The highest BCUT2D eigenvalue weighted by Crippen LogP contribution is 2.45. The molecule has 0 radical (unpaired) electrons. The molecule has 4 aliphatic heterocycles. The predicted molar refractivity (Wildman–Crippen MR) is 119 cm³/mol. The van der Waals surface area contributed by atoms with Crippen LogP contribution < -0.4 is 0 Å². The molecule has 0 saturated carbocycles. The first-order valence-corrected chi connectivity index (χ1v) is 11.9. The zero-order chi connectivity index (χ0) is 21.7. The first kappa shape index (κ1) is 20.8. The van der Waals surface area contributed by atoms with Crippen LogP contribution in [0.1, 0.15) is 37.1 Å². The molecule has 0 spiro atoms. The number of ether oxygens (including phenoxy) is 2. The Kier molecular flexibility index (Phi) is 5.53. The van der Waals surface area contributed by atoms with Crippen molar-refractivity contribution >= 4 is 0 Å². The van der Waals surface area contributed by atoms with Crippen LogP contribution in [0.2, 0.25) is 0 Å². The molecule has 0 unspecified atom stereocenters. The summed E-state index contributed by atoms with van der Waals surface area (Å²) in [5, 5.41) is 4.35. The highest BCUT2D eigenvalue weighted by molar-refractivity contribution is 5.20. The van der Waals surface area contributed by atoms with E-state index in [1.807, 2.05) is 0 Å². The number of hydrogen-bond donors (Lipinski definition) is 0. The summed E-state index contributed by atoms with van der Waals surface area (Å²) in [6.45, 7) is 7.29. The zero-order valence-corrected chi connectivity index (χ0v) is 18.7. The lowest BCUT2D eigenvalue weighted by Crippen LogP contribution is -2.52. The Morgan fingerprint density at radius 3 is 1.44 bits per heavy atom. The van der Waals surface area contributed by atoms with E-state index in [0.29, 0.717) is 25.0 Å². The molecule has 32 heavy (non-hydrogen) atoms. The predicted octanol–water partition coefficient (Wildman–Crippen LogP) is 3.77. The van der Waals surface area contributed by atoms with Gasteiger partial charge in [0.2, 0.25) is 0 Å². The molecule has 0 bridgehead atoms. The number of nitrogens with zero attached hydrogens (tertiary/aromatic N) is 2. The molecular weight excluding hydrogens is 404 g/mol. The number of hydroxylamine groups is 4. The van der Waals surface area contributed by atoms with Crippen molar-refractivity contribution in [3.05, 3.63) is 71.8 Å². The summed E-state index contributed by atoms with van der Waals surface area (Å²) in [6.07, 6.45) is -0.0633. The van der Waals surface area contributed by atoms with Crippen molar-refractivity contribution in [3.8, 4) is 0 Å². The molecule has 4 aliphatic rings. The van der Waals surface area contributed by atoms with Gasteiger partial charge in [-0.05, 0) is 25.0 Å². The Morgan fingerprint density at radius 1 is 0.625 bits per heavy atom. The van der Waals surface area contributed by atoms with E-state index in [4.69, 9.17) is 19.1 Å². The molecule has 6 rings (SSSR count). The van der Waals surface area contributed by atoms with Gasteiger partial charge < -0.3 is 9.47 Å². The van der Waals surface area contributed by atoms with Crippen LogP contribution in [0.3, 0.4) is 0 Å². The summed E-state index contributed by atoms with van der Waals surface area (Å²) in [4.78, 5) is 12.5. The molecule has 170 valence electrons. The number of fused-ring (bicyclic) bond motifs is 2. The van der Waals surface area contributed by atoms with E-state index in [9.17, 15) is 0 Å². The highest BCUT2D eigenvalue weighted by Gasteiger charge is 2.58. The first-order chi connectivity index (χ1) is 15.7. The molecule has 4 heterocycles. The Balaban J connectivity index is 1.25. The van der Waals surface area contributed by atoms with Gasteiger partial charge in [-0.25, -0.2) is 0 Å². The van der Waals surface area contributed by atoms with Gasteiger partial charge in [-0.15, -0.1) is 0 Å². The molecule has 2 aromatic carbocycles. The summed E-state index contributed by atoms with van der Waals surface area (Å²) in [5.74, 6) is 0.743. The Bertz CT molecular complexity index is 837. The van der Waals surface area contributed by atoms with Crippen LogP contribution in [0.4, 0.5) is 0 Å². The van der Waals surface area contributed by atoms with E-state index < -0.39 is 0 Å². The van der Waals surface area contributed by atoms with Crippen LogP contribution in [0.15, 0.2) is 60.7 Å². The fourth-order valence-electron chi connectivity index (χ4n) is 6.01. The van der Waals surface area contributed by atoms with Crippen LogP contribution in [0.25, 0.3) is 0 Å². The number of benzene rings is 2. The number of hydrogen-bond acceptors (Lipinski definition) is 6. The second kappa shape index (κ2) is 8.52. The maximum absolute atomic E-state index is 6.43. The molecule has 0 N–H and O–H groups in total. The van der Waals surface area contributed by atoms with Gasteiger partial charge in [0.15, 0.2) is 0 Å². The Hall–Kier alpha value is -1.80. The van der Waals surface area contributed by atoms with E-state index in [-0.39, 0.29) is 36.4 Å².